The highest BCUT2D eigenvalue weighted by atomic mass is 19.4. The van der Waals surface area contributed by atoms with Crippen LogP contribution in [-0.4, -0.2) is 23.7 Å². The molecule has 36 heavy (non-hydrogen) atoms. The lowest BCUT2D eigenvalue weighted by Gasteiger charge is -2.24. The molecule has 4 aromatic rings. The summed E-state index contributed by atoms with van der Waals surface area (Å²) in [4.78, 5) is 12.7. The van der Waals surface area contributed by atoms with E-state index in [2.05, 4.69) is 16.0 Å². The number of anilines is 3. The van der Waals surface area contributed by atoms with Gasteiger partial charge >= 0.3 is 6.18 Å². The molecular weight excluding hydrogens is 465 g/mol. The number of hydrogen-bond donors (Lipinski definition) is 3. The van der Waals surface area contributed by atoms with Crippen LogP contribution in [0.3, 0.4) is 0 Å². The van der Waals surface area contributed by atoms with Gasteiger partial charge in [0.25, 0.3) is 5.56 Å². The van der Waals surface area contributed by atoms with Crippen LogP contribution in [0.15, 0.2) is 83.7 Å². The summed E-state index contributed by atoms with van der Waals surface area (Å²) >= 11 is 0. The van der Waals surface area contributed by atoms with Crippen LogP contribution in [0.4, 0.5) is 30.2 Å². The van der Waals surface area contributed by atoms with Gasteiger partial charge in [-0.15, -0.1) is 0 Å². The van der Waals surface area contributed by atoms with E-state index in [4.69, 9.17) is 0 Å². The summed E-state index contributed by atoms with van der Waals surface area (Å²) in [6, 6.07) is 22.4. The first-order chi connectivity index (χ1) is 17.4. The first kappa shape index (κ1) is 23.9. The number of hydrogen-bond acceptors (Lipinski definition) is 4. The molecule has 186 valence electrons. The Morgan fingerprint density at radius 2 is 1.64 bits per heavy atom. The molecule has 0 radical (unpaired) electrons. The summed E-state index contributed by atoms with van der Waals surface area (Å²) < 4.78 is 42.0. The van der Waals surface area contributed by atoms with E-state index in [1.54, 1.807) is 18.2 Å². The zero-order chi connectivity index (χ0) is 25.1. The highest BCUT2D eigenvalue weighted by Gasteiger charge is 2.33. The van der Waals surface area contributed by atoms with E-state index in [9.17, 15) is 18.0 Å². The highest BCUT2D eigenvalue weighted by Crippen LogP contribution is 2.32. The van der Waals surface area contributed by atoms with Crippen molar-refractivity contribution in [1.29, 1.82) is 0 Å². The third-order valence-electron chi connectivity index (χ3n) is 6.49. The van der Waals surface area contributed by atoms with Gasteiger partial charge in [0.2, 0.25) is 0 Å². The third kappa shape index (κ3) is 5.39. The molecule has 0 saturated carbocycles. The van der Waals surface area contributed by atoms with Gasteiger partial charge in [-0.05, 0) is 78.9 Å². The smallest absolute Gasteiger partial charge is 0.381 e. The first-order valence-corrected chi connectivity index (χ1v) is 12.0. The summed E-state index contributed by atoms with van der Waals surface area (Å²) in [5, 5.41) is 11.0. The monoisotopic (exact) mass is 492 g/mol. The van der Waals surface area contributed by atoms with Crippen molar-refractivity contribution in [3.63, 3.8) is 0 Å². The Kier molecular flexibility index (Phi) is 6.69. The Labute approximate surface area is 207 Å². The van der Waals surface area contributed by atoms with Gasteiger partial charge in [0.15, 0.2) is 0 Å². The van der Waals surface area contributed by atoms with E-state index in [1.165, 1.54) is 22.8 Å². The van der Waals surface area contributed by atoms with Gasteiger partial charge in [0, 0.05) is 35.7 Å². The van der Waals surface area contributed by atoms with Crippen LogP contribution in [-0.2, 0) is 12.7 Å². The van der Waals surface area contributed by atoms with Crippen LogP contribution >= 0.6 is 0 Å². The number of alkyl halides is 3. The van der Waals surface area contributed by atoms with E-state index >= 15 is 0 Å². The number of nitrogens with zero attached hydrogens (tertiary/aromatic N) is 1. The van der Waals surface area contributed by atoms with Crippen LogP contribution in [0, 0.1) is 0 Å². The van der Waals surface area contributed by atoms with Gasteiger partial charge in [0.05, 0.1) is 17.6 Å². The highest BCUT2D eigenvalue weighted by molar-refractivity contribution is 5.84. The lowest BCUT2D eigenvalue weighted by molar-refractivity contribution is -0.138. The predicted molar refractivity (Wildman–Crippen MR) is 138 cm³/mol. The molecule has 1 atom stereocenters. The molecule has 5 nitrogen and oxygen atoms in total. The van der Waals surface area contributed by atoms with Crippen LogP contribution in [0.25, 0.3) is 10.9 Å². The predicted octanol–water partition coefficient (Wildman–Crippen LogP) is 5.98. The second-order valence-electron chi connectivity index (χ2n) is 9.08. The molecule has 5 rings (SSSR count). The van der Waals surface area contributed by atoms with Crippen molar-refractivity contribution in [3.05, 3.63) is 100 Å². The lowest BCUT2D eigenvalue weighted by Crippen LogP contribution is -2.38. The van der Waals surface area contributed by atoms with Gasteiger partial charge in [-0.25, -0.2) is 0 Å². The number of nitrogens with one attached hydrogen (secondary N) is 3. The number of aromatic nitrogens is 1. The van der Waals surface area contributed by atoms with Crippen molar-refractivity contribution < 1.29 is 13.2 Å². The average molecular weight is 493 g/mol. The Morgan fingerprint density at radius 1 is 0.917 bits per heavy atom. The normalized spacial score (nSPS) is 16.1. The van der Waals surface area contributed by atoms with E-state index in [0.29, 0.717) is 11.6 Å². The minimum absolute atomic E-state index is 0.0502. The van der Waals surface area contributed by atoms with Gasteiger partial charge in [-0.1, -0.05) is 24.3 Å². The number of rotatable bonds is 6. The van der Waals surface area contributed by atoms with Crippen LogP contribution in [0.5, 0.6) is 0 Å². The van der Waals surface area contributed by atoms with Gasteiger partial charge in [0.1, 0.15) is 0 Å². The molecule has 0 amide bonds. The Hall–Kier alpha value is -3.78. The summed E-state index contributed by atoms with van der Waals surface area (Å²) in [6.45, 7) is 1.84. The van der Waals surface area contributed by atoms with E-state index in [1.807, 2.05) is 36.4 Å². The number of benzene rings is 3. The minimum atomic E-state index is -4.49. The molecule has 1 aromatic heterocycles. The number of piperidine rings is 1. The molecule has 1 unspecified atom stereocenters. The maximum Gasteiger partial charge on any atom is 0.416 e. The summed E-state index contributed by atoms with van der Waals surface area (Å²) in [5.74, 6) is 0. The summed E-state index contributed by atoms with van der Waals surface area (Å²) in [6.07, 6.45) is -2.20. The standard InChI is InChI=1S/C28H27F3N4O/c29-28(30,31)25-6-2-1-4-20(25)18-35-26-16-23(9-7-19(26)8-14-27(35)36)33-21-10-12-22(13-11-21)34-24-5-3-15-32-17-24/h1-2,4,6-14,16,24,32-34H,3,5,15,17-18H2. The molecule has 2 heterocycles. The second-order valence-corrected chi connectivity index (χ2v) is 9.08. The van der Waals surface area contributed by atoms with Crippen molar-refractivity contribution >= 4 is 28.0 Å². The Bertz CT molecular complexity index is 1410. The average Bonchev–Trinajstić information content (AvgIpc) is 2.87. The first-order valence-electron chi connectivity index (χ1n) is 12.0. The Morgan fingerprint density at radius 3 is 2.39 bits per heavy atom. The summed E-state index contributed by atoms with van der Waals surface area (Å²) in [5.41, 5.74) is 2.17. The fourth-order valence-electron chi connectivity index (χ4n) is 4.66. The fraction of sp³-hybridized carbons (Fsp3) is 0.250. The molecule has 0 bridgehead atoms. The van der Waals surface area contributed by atoms with Gasteiger partial charge in [-0.2, -0.15) is 13.2 Å². The van der Waals surface area contributed by atoms with Crippen molar-refractivity contribution in [1.82, 2.24) is 9.88 Å². The topological polar surface area (TPSA) is 58.1 Å². The molecular formula is C28H27F3N4O. The maximum atomic E-state index is 13.5. The molecule has 3 N–H and O–H groups in total. The van der Waals surface area contributed by atoms with Crippen molar-refractivity contribution in [3.8, 4) is 0 Å². The SMILES string of the molecule is O=c1ccc2ccc(Nc3ccc(NC4CCCNC4)cc3)cc2n1Cc1ccccc1C(F)(F)F. The molecule has 0 aliphatic carbocycles. The minimum Gasteiger partial charge on any atom is -0.381 e. The molecule has 1 saturated heterocycles. The molecule has 1 fully saturated rings. The zero-order valence-corrected chi connectivity index (χ0v) is 19.6. The van der Waals surface area contributed by atoms with E-state index in [-0.39, 0.29) is 17.7 Å². The number of fused-ring (bicyclic) bond motifs is 1. The van der Waals surface area contributed by atoms with Crippen molar-refractivity contribution in [2.24, 2.45) is 0 Å². The van der Waals surface area contributed by atoms with E-state index in [0.717, 1.165) is 54.4 Å². The number of pyridine rings is 1. The van der Waals surface area contributed by atoms with Gasteiger partial charge < -0.3 is 20.5 Å². The summed E-state index contributed by atoms with van der Waals surface area (Å²) in [7, 11) is 0. The maximum absolute atomic E-state index is 13.5. The zero-order valence-electron chi connectivity index (χ0n) is 19.6. The Balaban J connectivity index is 1.40. The van der Waals surface area contributed by atoms with Gasteiger partial charge in [-0.3, -0.25) is 4.79 Å². The quantitative estimate of drug-likeness (QED) is 0.310. The van der Waals surface area contributed by atoms with Crippen molar-refractivity contribution in [2.45, 2.75) is 31.6 Å². The van der Waals surface area contributed by atoms with Crippen LogP contribution < -0.4 is 21.5 Å². The largest absolute Gasteiger partial charge is 0.416 e. The molecule has 0 spiro atoms. The van der Waals surface area contributed by atoms with Crippen molar-refractivity contribution in [2.75, 3.05) is 23.7 Å². The fourth-order valence-corrected chi connectivity index (χ4v) is 4.66. The number of halogens is 3. The molecule has 3 aromatic carbocycles. The molecule has 1 aliphatic heterocycles. The lowest BCUT2D eigenvalue weighted by atomic mass is 10.1. The molecule has 8 heteroatoms. The third-order valence-corrected chi connectivity index (χ3v) is 6.49. The van der Waals surface area contributed by atoms with E-state index < -0.39 is 11.7 Å². The van der Waals surface area contributed by atoms with Crippen LogP contribution in [0.2, 0.25) is 0 Å². The second kappa shape index (κ2) is 10.1. The molecule has 1 aliphatic rings. The van der Waals surface area contributed by atoms with Crippen LogP contribution in [0.1, 0.15) is 24.0 Å².